The van der Waals surface area contributed by atoms with Crippen molar-refractivity contribution in [2.45, 2.75) is 57.8 Å². The van der Waals surface area contributed by atoms with Crippen molar-refractivity contribution >= 4 is 29.9 Å². The second-order valence-electron chi connectivity index (χ2n) is 6.96. The van der Waals surface area contributed by atoms with E-state index < -0.39 is 0 Å². The first kappa shape index (κ1) is 16.4. The zero-order chi connectivity index (χ0) is 13.1. The highest BCUT2D eigenvalue weighted by Crippen LogP contribution is 2.43. The highest BCUT2D eigenvalue weighted by molar-refractivity contribution is 14.0. The van der Waals surface area contributed by atoms with Crippen LogP contribution >= 0.6 is 24.0 Å². The molecular formula is C16H30IN3. The van der Waals surface area contributed by atoms with Crippen molar-refractivity contribution in [3.8, 4) is 0 Å². The molecular weight excluding hydrogens is 361 g/mol. The van der Waals surface area contributed by atoms with Gasteiger partial charge in [0.1, 0.15) is 0 Å². The summed E-state index contributed by atoms with van der Waals surface area (Å²) in [5.74, 6) is 2.07. The molecule has 0 unspecified atom stereocenters. The van der Waals surface area contributed by atoms with Crippen molar-refractivity contribution in [2.24, 2.45) is 16.3 Å². The summed E-state index contributed by atoms with van der Waals surface area (Å²) in [5.41, 5.74) is 0.631. The summed E-state index contributed by atoms with van der Waals surface area (Å²) in [7, 11) is 1.94. The normalized spacial score (nSPS) is 26.2. The Bertz CT molecular complexity index is 333. The number of hydrogen-bond acceptors (Lipinski definition) is 1. The Morgan fingerprint density at radius 2 is 1.90 bits per heavy atom. The van der Waals surface area contributed by atoms with Crippen LogP contribution in [0, 0.1) is 11.3 Å². The van der Waals surface area contributed by atoms with Crippen molar-refractivity contribution in [1.29, 1.82) is 0 Å². The predicted octanol–water partition coefficient (Wildman–Crippen LogP) is 3.64. The maximum absolute atomic E-state index is 4.51. The third kappa shape index (κ3) is 3.60. The van der Waals surface area contributed by atoms with E-state index in [9.17, 15) is 0 Å². The first-order valence-electron chi connectivity index (χ1n) is 8.27. The van der Waals surface area contributed by atoms with Gasteiger partial charge in [0.05, 0.1) is 0 Å². The Kier molecular flexibility index (Phi) is 5.99. The number of nitrogens with zero attached hydrogens (tertiary/aromatic N) is 2. The van der Waals surface area contributed by atoms with Crippen LogP contribution in [0.5, 0.6) is 0 Å². The van der Waals surface area contributed by atoms with Gasteiger partial charge >= 0.3 is 0 Å². The largest absolute Gasteiger partial charge is 0.356 e. The van der Waals surface area contributed by atoms with Crippen molar-refractivity contribution in [2.75, 3.05) is 26.7 Å². The number of aliphatic imine (C=N–C) groups is 1. The van der Waals surface area contributed by atoms with Crippen molar-refractivity contribution < 1.29 is 0 Å². The SMILES string of the molecule is CN=C(NCC1CCC1)N1CCC2(CCCCC2)C1.I. The minimum Gasteiger partial charge on any atom is -0.356 e. The van der Waals surface area contributed by atoms with Gasteiger partial charge in [-0.25, -0.2) is 0 Å². The number of nitrogens with one attached hydrogen (secondary N) is 1. The summed E-state index contributed by atoms with van der Waals surface area (Å²) in [6.07, 6.45) is 12.9. The summed E-state index contributed by atoms with van der Waals surface area (Å²) < 4.78 is 0. The molecule has 3 aliphatic rings. The van der Waals surface area contributed by atoms with E-state index in [1.165, 1.54) is 70.9 Å². The quantitative estimate of drug-likeness (QED) is 0.442. The van der Waals surface area contributed by atoms with E-state index in [-0.39, 0.29) is 24.0 Å². The van der Waals surface area contributed by atoms with Gasteiger partial charge in [0.25, 0.3) is 0 Å². The third-order valence-corrected chi connectivity index (χ3v) is 5.64. The van der Waals surface area contributed by atoms with E-state index in [4.69, 9.17) is 0 Å². The molecule has 2 aliphatic carbocycles. The van der Waals surface area contributed by atoms with Crippen LogP contribution in [0.15, 0.2) is 4.99 Å². The first-order valence-corrected chi connectivity index (χ1v) is 8.27. The van der Waals surface area contributed by atoms with Gasteiger partial charge in [-0.15, -0.1) is 24.0 Å². The second kappa shape index (κ2) is 7.32. The fraction of sp³-hybridized carbons (Fsp3) is 0.938. The molecule has 3 nitrogen and oxygen atoms in total. The Labute approximate surface area is 141 Å². The Balaban J connectivity index is 0.00000147. The monoisotopic (exact) mass is 391 g/mol. The molecule has 2 saturated carbocycles. The topological polar surface area (TPSA) is 27.6 Å². The first-order chi connectivity index (χ1) is 9.31. The third-order valence-electron chi connectivity index (χ3n) is 5.64. The summed E-state index contributed by atoms with van der Waals surface area (Å²) in [5, 5.41) is 3.61. The molecule has 0 aromatic heterocycles. The summed E-state index contributed by atoms with van der Waals surface area (Å²) in [6, 6.07) is 0. The zero-order valence-electron chi connectivity index (χ0n) is 12.9. The summed E-state index contributed by atoms with van der Waals surface area (Å²) in [4.78, 5) is 7.03. The van der Waals surface area contributed by atoms with Gasteiger partial charge in [0, 0.05) is 26.7 Å². The fourth-order valence-corrected chi connectivity index (χ4v) is 4.09. The van der Waals surface area contributed by atoms with Gasteiger partial charge in [-0.3, -0.25) is 4.99 Å². The van der Waals surface area contributed by atoms with Crippen LogP contribution in [0.2, 0.25) is 0 Å². The minimum absolute atomic E-state index is 0. The van der Waals surface area contributed by atoms with Gasteiger partial charge < -0.3 is 10.2 Å². The molecule has 1 spiro atoms. The fourth-order valence-electron chi connectivity index (χ4n) is 4.09. The van der Waals surface area contributed by atoms with Gasteiger partial charge in [-0.05, 0) is 43.4 Å². The van der Waals surface area contributed by atoms with Crippen LogP contribution in [0.25, 0.3) is 0 Å². The van der Waals surface area contributed by atoms with Crippen LogP contribution in [0.4, 0.5) is 0 Å². The van der Waals surface area contributed by atoms with Crippen molar-refractivity contribution in [1.82, 2.24) is 10.2 Å². The molecule has 1 aliphatic heterocycles. The van der Waals surface area contributed by atoms with Crippen molar-refractivity contribution in [3.05, 3.63) is 0 Å². The number of hydrogen-bond donors (Lipinski definition) is 1. The predicted molar refractivity (Wildman–Crippen MR) is 95.8 cm³/mol. The summed E-state index contributed by atoms with van der Waals surface area (Å²) in [6.45, 7) is 3.60. The molecule has 1 heterocycles. The van der Waals surface area contributed by atoms with Crippen LogP contribution in [-0.2, 0) is 0 Å². The van der Waals surface area contributed by atoms with Crippen LogP contribution in [-0.4, -0.2) is 37.5 Å². The van der Waals surface area contributed by atoms with Crippen LogP contribution in [0.1, 0.15) is 57.8 Å². The number of halogens is 1. The maximum Gasteiger partial charge on any atom is 0.193 e. The van der Waals surface area contributed by atoms with E-state index in [1.807, 2.05) is 7.05 Å². The average Bonchev–Trinajstić information content (AvgIpc) is 2.77. The van der Waals surface area contributed by atoms with E-state index in [0.717, 1.165) is 18.4 Å². The van der Waals surface area contributed by atoms with Crippen LogP contribution in [0.3, 0.4) is 0 Å². The maximum atomic E-state index is 4.51. The van der Waals surface area contributed by atoms with E-state index in [0.29, 0.717) is 5.41 Å². The molecule has 20 heavy (non-hydrogen) atoms. The molecule has 0 atom stereocenters. The van der Waals surface area contributed by atoms with E-state index in [1.54, 1.807) is 0 Å². The van der Waals surface area contributed by atoms with E-state index in [2.05, 4.69) is 15.2 Å². The molecule has 0 aromatic rings. The number of rotatable bonds is 2. The lowest BCUT2D eigenvalue weighted by Crippen LogP contribution is -2.44. The molecule has 3 rings (SSSR count). The molecule has 0 aromatic carbocycles. The standard InChI is InChI=1S/C16H29N3.HI/c1-17-15(18-12-14-6-5-7-14)19-11-10-16(13-19)8-3-2-4-9-16;/h14H,2-13H2,1H3,(H,17,18);1H. The Hall–Kier alpha value is 0. The lowest BCUT2D eigenvalue weighted by molar-refractivity contribution is 0.203. The second-order valence-corrected chi connectivity index (χ2v) is 6.96. The molecule has 1 saturated heterocycles. The Morgan fingerprint density at radius 1 is 1.15 bits per heavy atom. The average molecular weight is 391 g/mol. The smallest absolute Gasteiger partial charge is 0.193 e. The highest BCUT2D eigenvalue weighted by Gasteiger charge is 2.39. The van der Waals surface area contributed by atoms with Gasteiger partial charge in [-0.1, -0.05) is 25.7 Å². The van der Waals surface area contributed by atoms with Crippen LogP contribution < -0.4 is 5.32 Å². The zero-order valence-corrected chi connectivity index (χ0v) is 15.2. The molecule has 0 amide bonds. The molecule has 3 fully saturated rings. The van der Waals surface area contributed by atoms with Gasteiger partial charge in [0.2, 0.25) is 0 Å². The summed E-state index contributed by atoms with van der Waals surface area (Å²) >= 11 is 0. The van der Waals surface area contributed by atoms with Gasteiger partial charge in [-0.2, -0.15) is 0 Å². The molecule has 1 N–H and O–H groups in total. The minimum atomic E-state index is 0. The number of guanidine groups is 1. The van der Waals surface area contributed by atoms with Crippen molar-refractivity contribution in [3.63, 3.8) is 0 Å². The van der Waals surface area contributed by atoms with E-state index >= 15 is 0 Å². The van der Waals surface area contributed by atoms with Gasteiger partial charge in [0.15, 0.2) is 5.96 Å². The lowest BCUT2D eigenvalue weighted by Gasteiger charge is -2.34. The molecule has 116 valence electrons. The molecule has 0 bridgehead atoms. The molecule has 0 radical (unpaired) electrons. The highest BCUT2D eigenvalue weighted by atomic mass is 127. The molecule has 4 heteroatoms. The lowest BCUT2D eigenvalue weighted by atomic mass is 9.73. The number of likely N-dealkylation sites (tertiary alicyclic amines) is 1. The Morgan fingerprint density at radius 3 is 2.50 bits per heavy atom.